The number of ether oxygens (including phenoxy) is 1. The Labute approximate surface area is 72.1 Å². The van der Waals surface area contributed by atoms with Crippen LogP contribution in [0.4, 0.5) is 0 Å². The van der Waals surface area contributed by atoms with E-state index in [0.717, 1.165) is 24.6 Å². The second-order valence-corrected chi connectivity index (χ2v) is 2.94. The first-order valence-electron chi connectivity index (χ1n) is 4.14. The van der Waals surface area contributed by atoms with Gasteiger partial charge in [-0.05, 0) is 12.1 Å². The molecule has 0 unspecified atom stereocenters. The van der Waals surface area contributed by atoms with Crippen LogP contribution in [0.3, 0.4) is 0 Å². The van der Waals surface area contributed by atoms with E-state index in [9.17, 15) is 0 Å². The monoisotopic (exact) mass is 162 g/mol. The molecular formula is C10H12NO+. The lowest BCUT2D eigenvalue weighted by Gasteiger charge is -1.95. The Morgan fingerprint density at radius 2 is 2.00 bits per heavy atom. The van der Waals surface area contributed by atoms with Crippen LogP contribution in [0.25, 0.3) is 0 Å². The second-order valence-electron chi connectivity index (χ2n) is 2.94. The van der Waals surface area contributed by atoms with Gasteiger partial charge in [0.15, 0.2) is 13.2 Å². The fraction of sp³-hybridized carbons (Fsp3) is 0.300. The number of nitrogens with zero attached hydrogens (tertiary/aromatic N) is 1. The van der Waals surface area contributed by atoms with Crippen molar-refractivity contribution in [2.24, 2.45) is 0 Å². The lowest BCUT2D eigenvalue weighted by molar-refractivity contribution is -0.486. The van der Waals surface area contributed by atoms with Gasteiger partial charge in [-0.2, -0.15) is 4.58 Å². The summed E-state index contributed by atoms with van der Waals surface area (Å²) in [6.45, 7) is 1.80. The summed E-state index contributed by atoms with van der Waals surface area (Å²) in [6, 6.07) is 10.2. The molecule has 2 nitrogen and oxygen atoms in total. The summed E-state index contributed by atoms with van der Waals surface area (Å²) in [5.74, 6) is 0.996. The molecule has 0 amide bonds. The van der Waals surface area contributed by atoms with Crippen molar-refractivity contribution < 1.29 is 9.31 Å². The molecule has 1 aliphatic rings. The normalized spacial score (nSPS) is 16.4. The molecule has 2 rings (SSSR count). The molecule has 2 heteroatoms. The van der Waals surface area contributed by atoms with Crippen molar-refractivity contribution in [1.29, 1.82) is 0 Å². The average Bonchev–Trinajstić information content (AvgIpc) is 2.53. The van der Waals surface area contributed by atoms with Gasteiger partial charge in [-0.15, -0.1) is 0 Å². The molecule has 0 radical (unpaired) electrons. The third-order valence-corrected chi connectivity index (χ3v) is 2.03. The van der Waals surface area contributed by atoms with Gasteiger partial charge in [0.05, 0.1) is 5.56 Å². The summed E-state index contributed by atoms with van der Waals surface area (Å²) in [5, 5.41) is 0. The van der Waals surface area contributed by atoms with Gasteiger partial charge >= 0.3 is 5.90 Å². The molecule has 62 valence electrons. The topological polar surface area (TPSA) is 12.2 Å². The molecule has 12 heavy (non-hydrogen) atoms. The quantitative estimate of drug-likeness (QED) is 0.563. The molecule has 0 atom stereocenters. The Bertz CT molecular complexity index is 303. The van der Waals surface area contributed by atoms with E-state index in [-0.39, 0.29) is 0 Å². The van der Waals surface area contributed by atoms with Crippen LogP contribution in [-0.4, -0.2) is 30.7 Å². The van der Waals surface area contributed by atoms with Gasteiger partial charge in [-0.25, -0.2) is 0 Å². The van der Waals surface area contributed by atoms with Crippen LogP contribution in [0.1, 0.15) is 5.56 Å². The van der Waals surface area contributed by atoms with Gasteiger partial charge in [0, 0.05) is 0 Å². The lowest BCUT2D eigenvalue weighted by atomic mass is 10.2. The van der Waals surface area contributed by atoms with E-state index in [1.54, 1.807) is 0 Å². The molecular weight excluding hydrogens is 150 g/mol. The van der Waals surface area contributed by atoms with Crippen molar-refractivity contribution in [3.8, 4) is 0 Å². The third kappa shape index (κ3) is 1.20. The smallest absolute Gasteiger partial charge is 0.369 e. The van der Waals surface area contributed by atoms with E-state index >= 15 is 0 Å². The number of rotatable bonds is 1. The van der Waals surface area contributed by atoms with Crippen molar-refractivity contribution in [2.75, 3.05) is 20.2 Å². The largest absolute Gasteiger partial charge is 0.438 e. The SMILES string of the molecule is C[N+]1=C(c2ccccc2)OCC1. The first-order valence-corrected chi connectivity index (χ1v) is 4.14. The molecule has 0 fully saturated rings. The Hall–Kier alpha value is -1.31. The summed E-state index contributed by atoms with van der Waals surface area (Å²) >= 11 is 0. The van der Waals surface area contributed by atoms with Gasteiger partial charge in [-0.1, -0.05) is 18.2 Å². The van der Waals surface area contributed by atoms with Gasteiger partial charge in [-0.3, -0.25) is 0 Å². The van der Waals surface area contributed by atoms with Crippen LogP contribution in [0, 0.1) is 0 Å². The maximum absolute atomic E-state index is 5.49. The summed E-state index contributed by atoms with van der Waals surface area (Å²) in [6.07, 6.45) is 0. The fourth-order valence-electron chi connectivity index (χ4n) is 1.38. The zero-order chi connectivity index (χ0) is 8.39. The van der Waals surface area contributed by atoms with Crippen molar-refractivity contribution in [1.82, 2.24) is 0 Å². The van der Waals surface area contributed by atoms with Gasteiger partial charge in [0.1, 0.15) is 7.05 Å². The average molecular weight is 162 g/mol. The maximum atomic E-state index is 5.49. The molecule has 0 saturated carbocycles. The molecule has 0 saturated heterocycles. The molecule has 0 aliphatic carbocycles. The maximum Gasteiger partial charge on any atom is 0.369 e. The molecule has 0 spiro atoms. The van der Waals surface area contributed by atoms with Crippen LogP contribution in [0.15, 0.2) is 30.3 Å². The summed E-state index contributed by atoms with van der Waals surface area (Å²) in [7, 11) is 2.05. The Balaban J connectivity index is 2.37. The highest BCUT2D eigenvalue weighted by atomic mass is 16.5. The summed E-state index contributed by atoms with van der Waals surface area (Å²) in [5.41, 5.74) is 1.16. The Morgan fingerprint density at radius 1 is 1.25 bits per heavy atom. The first-order chi connectivity index (χ1) is 5.88. The molecule has 1 aromatic carbocycles. The van der Waals surface area contributed by atoms with Crippen LogP contribution in [0.2, 0.25) is 0 Å². The number of benzene rings is 1. The second kappa shape index (κ2) is 2.97. The molecule has 1 aromatic rings. The van der Waals surface area contributed by atoms with Gasteiger partial charge in [0.25, 0.3) is 0 Å². The molecule has 1 aliphatic heterocycles. The minimum atomic E-state index is 0.806. The predicted molar refractivity (Wildman–Crippen MR) is 47.6 cm³/mol. The van der Waals surface area contributed by atoms with Crippen LogP contribution >= 0.6 is 0 Å². The number of hydrogen-bond acceptors (Lipinski definition) is 1. The molecule has 0 N–H and O–H groups in total. The molecule has 0 bridgehead atoms. The molecule has 0 aromatic heterocycles. The number of likely N-dealkylation sites (N-methyl/N-ethyl adjacent to an activating group) is 1. The van der Waals surface area contributed by atoms with Crippen LogP contribution in [0.5, 0.6) is 0 Å². The van der Waals surface area contributed by atoms with E-state index in [4.69, 9.17) is 4.74 Å². The minimum Gasteiger partial charge on any atom is -0.438 e. The van der Waals surface area contributed by atoms with Crippen LogP contribution in [-0.2, 0) is 4.74 Å². The predicted octanol–water partition coefficient (Wildman–Crippen LogP) is 1.11. The van der Waals surface area contributed by atoms with Gasteiger partial charge in [0.2, 0.25) is 0 Å². The fourth-order valence-corrected chi connectivity index (χ4v) is 1.38. The highest BCUT2D eigenvalue weighted by molar-refractivity contribution is 5.90. The van der Waals surface area contributed by atoms with Crippen molar-refractivity contribution in [3.05, 3.63) is 35.9 Å². The van der Waals surface area contributed by atoms with E-state index in [2.05, 4.69) is 23.8 Å². The third-order valence-electron chi connectivity index (χ3n) is 2.03. The molecule has 1 heterocycles. The van der Waals surface area contributed by atoms with E-state index in [1.165, 1.54) is 0 Å². The van der Waals surface area contributed by atoms with E-state index in [0.29, 0.717) is 0 Å². The summed E-state index contributed by atoms with van der Waals surface area (Å²) < 4.78 is 7.63. The van der Waals surface area contributed by atoms with Crippen LogP contribution < -0.4 is 0 Å². The standard InChI is InChI=1S/C10H12NO/c1-11-7-8-12-10(11)9-5-3-2-4-6-9/h2-6H,7-8H2,1H3/q+1. The van der Waals surface area contributed by atoms with E-state index in [1.807, 2.05) is 18.2 Å². The van der Waals surface area contributed by atoms with Crippen molar-refractivity contribution >= 4 is 5.90 Å². The zero-order valence-corrected chi connectivity index (χ0v) is 7.16. The first kappa shape index (κ1) is 7.35. The summed E-state index contributed by atoms with van der Waals surface area (Å²) in [4.78, 5) is 0. The van der Waals surface area contributed by atoms with Crippen molar-refractivity contribution in [2.45, 2.75) is 0 Å². The lowest BCUT2D eigenvalue weighted by Crippen LogP contribution is -2.11. The Morgan fingerprint density at radius 3 is 2.58 bits per heavy atom. The minimum absolute atomic E-state index is 0.806. The van der Waals surface area contributed by atoms with Gasteiger partial charge < -0.3 is 4.74 Å². The highest BCUT2D eigenvalue weighted by Crippen LogP contribution is 2.05. The van der Waals surface area contributed by atoms with E-state index < -0.39 is 0 Å². The highest BCUT2D eigenvalue weighted by Gasteiger charge is 2.21. The zero-order valence-electron chi connectivity index (χ0n) is 7.16. The number of hydrogen-bond donors (Lipinski definition) is 0. The Kier molecular flexibility index (Phi) is 1.82. The van der Waals surface area contributed by atoms with Crippen molar-refractivity contribution in [3.63, 3.8) is 0 Å².